The first-order valence-electron chi connectivity index (χ1n) is 8.56. The third-order valence-electron chi connectivity index (χ3n) is 4.17. The van der Waals surface area contributed by atoms with Gasteiger partial charge >= 0.3 is 0 Å². The van der Waals surface area contributed by atoms with E-state index in [1.165, 1.54) is 0 Å². The second-order valence-corrected chi connectivity index (χ2v) is 5.92. The molecule has 7 nitrogen and oxygen atoms in total. The van der Waals surface area contributed by atoms with E-state index in [9.17, 15) is 0 Å². The third kappa shape index (κ3) is 3.35. The first-order valence-corrected chi connectivity index (χ1v) is 8.56. The third-order valence-corrected chi connectivity index (χ3v) is 4.17. The molecule has 7 heteroatoms. The number of pyridine rings is 2. The first-order chi connectivity index (χ1) is 12.8. The van der Waals surface area contributed by atoms with Gasteiger partial charge in [0.15, 0.2) is 5.65 Å². The van der Waals surface area contributed by atoms with Gasteiger partial charge in [0.25, 0.3) is 0 Å². The molecule has 0 aliphatic carbocycles. The maximum atomic E-state index is 6.25. The lowest BCUT2D eigenvalue weighted by atomic mass is 10.1. The van der Waals surface area contributed by atoms with Gasteiger partial charge in [-0.1, -0.05) is 18.2 Å². The van der Waals surface area contributed by atoms with Crippen molar-refractivity contribution in [3.8, 4) is 11.4 Å². The van der Waals surface area contributed by atoms with Crippen LogP contribution in [0.15, 0.2) is 48.8 Å². The maximum Gasteiger partial charge on any atom is 0.157 e. The average Bonchev–Trinajstić information content (AvgIpc) is 3.14. The zero-order valence-corrected chi connectivity index (χ0v) is 14.3. The number of nitrogen functional groups attached to an aromatic ring is 1. The van der Waals surface area contributed by atoms with E-state index < -0.39 is 0 Å². The molecule has 0 amide bonds. The minimum atomic E-state index is 0.676. The van der Waals surface area contributed by atoms with E-state index in [0.717, 1.165) is 53.9 Å². The van der Waals surface area contributed by atoms with Crippen molar-refractivity contribution in [3.63, 3.8) is 0 Å². The van der Waals surface area contributed by atoms with Gasteiger partial charge in [0, 0.05) is 30.9 Å². The number of nitrogens with zero attached hydrogens (tertiary/aromatic N) is 3. The highest BCUT2D eigenvalue weighted by Crippen LogP contribution is 2.30. The quantitative estimate of drug-likeness (QED) is 0.488. The number of nitrogens with one attached hydrogen (secondary N) is 2. The maximum absolute atomic E-state index is 6.25. The highest BCUT2D eigenvalue weighted by molar-refractivity contribution is 5.97. The molecule has 1 saturated heterocycles. The largest absolute Gasteiger partial charge is 0.398 e. The van der Waals surface area contributed by atoms with Crippen molar-refractivity contribution >= 4 is 27.8 Å². The van der Waals surface area contributed by atoms with Crippen molar-refractivity contribution in [2.45, 2.75) is 0 Å². The molecule has 0 radical (unpaired) electrons. The number of H-pyrrole nitrogens is 1. The van der Waals surface area contributed by atoms with Crippen LogP contribution in [-0.4, -0.2) is 46.2 Å². The Balaban J connectivity index is 0.000000240. The highest BCUT2D eigenvalue weighted by atomic mass is 16.5. The molecule has 4 aromatic rings. The number of hydrogen-bond donors (Lipinski definition) is 3. The summed E-state index contributed by atoms with van der Waals surface area (Å²) in [5, 5.41) is 4.09. The summed E-state index contributed by atoms with van der Waals surface area (Å²) in [5.41, 5.74) is 10.2. The van der Waals surface area contributed by atoms with Crippen LogP contribution in [0.1, 0.15) is 0 Å². The van der Waals surface area contributed by atoms with Crippen LogP contribution < -0.4 is 11.1 Å². The Morgan fingerprint density at radius 1 is 0.962 bits per heavy atom. The number of para-hydroxylation sites is 1. The van der Waals surface area contributed by atoms with Gasteiger partial charge in [0.1, 0.15) is 11.3 Å². The van der Waals surface area contributed by atoms with Gasteiger partial charge in [0.05, 0.1) is 30.0 Å². The summed E-state index contributed by atoms with van der Waals surface area (Å²) < 4.78 is 5.01. The Labute approximate surface area is 150 Å². The Hall–Kier alpha value is -3.03. The minimum Gasteiger partial charge on any atom is -0.398 e. The van der Waals surface area contributed by atoms with Crippen LogP contribution in [0, 0.1) is 0 Å². The van der Waals surface area contributed by atoms with Gasteiger partial charge < -0.3 is 20.8 Å². The molecular weight excluding hydrogens is 328 g/mol. The Morgan fingerprint density at radius 3 is 2.50 bits per heavy atom. The number of anilines is 1. The standard InChI is InChI=1S/C15H11N5.C4H9NO/c16-13-9-4-1-2-5-11(9)18-8-10(13)14-19-12-6-3-7-17-15(12)20-14;1-3-6-4-2-5-1/h1-8H,(H2,16,18)(H,17,19,20);5H,1-4H2. The van der Waals surface area contributed by atoms with Gasteiger partial charge in [-0.05, 0) is 18.2 Å². The fourth-order valence-corrected chi connectivity index (χ4v) is 2.84. The molecule has 0 atom stereocenters. The predicted molar refractivity (Wildman–Crippen MR) is 103 cm³/mol. The van der Waals surface area contributed by atoms with E-state index in [0.29, 0.717) is 11.5 Å². The van der Waals surface area contributed by atoms with Crippen molar-refractivity contribution in [1.82, 2.24) is 25.3 Å². The number of benzene rings is 1. The smallest absolute Gasteiger partial charge is 0.157 e. The minimum absolute atomic E-state index is 0.676. The molecule has 1 fully saturated rings. The Bertz CT molecular complexity index is 980. The molecule has 0 saturated carbocycles. The molecule has 5 rings (SSSR count). The van der Waals surface area contributed by atoms with E-state index in [1.807, 2.05) is 36.4 Å². The number of nitrogens with two attached hydrogens (primary N) is 1. The number of aromatic nitrogens is 4. The molecule has 1 aromatic carbocycles. The number of hydrogen-bond acceptors (Lipinski definition) is 6. The van der Waals surface area contributed by atoms with E-state index in [4.69, 9.17) is 10.5 Å². The lowest BCUT2D eigenvalue weighted by molar-refractivity contribution is 0.109. The summed E-state index contributed by atoms with van der Waals surface area (Å²) in [6.45, 7) is 3.83. The number of aromatic amines is 1. The molecule has 132 valence electrons. The average molecular weight is 348 g/mol. The zero-order valence-electron chi connectivity index (χ0n) is 14.3. The molecule has 1 aliphatic heterocycles. The van der Waals surface area contributed by atoms with Gasteiger partial charge in [-0.3, -0.25) is 4.98 Å². The molecule has 0 bridgehead atoms. The van der Waals surface area contributed by atoms with Crippen molar-refractivity contribution in [2.75, 3.05) is 32.0 Å². The van der Waals surface area contributed by atoms with Crippen LogP contribution in [0.4, 0.5) is 5.69 Å². The fraction of sp³-hybridized carbons (Fsp3) is 0.211. The molecule has 26 heavy (non-hydrogen) atoms. The summed E-state index contributed by atoms with van der Waals surface area (Å²) in [6.07, 6.45) is 3.47. The first kappa shape index (κ1) is 16.4. The number of fused-ring (bicyclic) bond motifs is 2. The van der Waals surface area contributed by atoms with E-state index in [2.05, 4.69) is 25.3 Å². The molecule has 4 heterocycles. The lowest BCUT2D eigenvalue weighted by Gasteiger charge is -2.10. The summed E-state index contributed by atoms with van der Waals surface area (Å²) in [5.74, 6) is 0.689. The van der Waals surface area contributed by atoms with Crippen LogP contribution >= 0.6 is 0 Å². The van der Waals surface area contributed by atoms with Gasteiger partial charge in [-0.15, -0.1) is 0 Å². The second kappa shape index (κ2) is 7.47. The number of imidazole rings is 1. The molecule has 1 aliphatic rings. The van der Waals surface area contributed by atoms with Crippen molar-refractivity contribution in [1.29, 1.82) is 0 Å². The van der Waals surface area contributed by atoms with Crippen LogP contribution in [0.25, 0.3) is 33.5 Å². The van der Waals surface area contributed by atoms with Gasteiger partial charge in [0.2, 0.25) is 0 Å². The fourth-order valence-electron chi connectivity index (χ4n) is 2.84. The zero-order chi connectivity index (χ0) is 17.8. The van der Waals surface area contributed by atoms with Crippen molar-refractivity contribution in [3.05, 3.63) is 48.8 Å². The molecular formula is C19H20N6O. The van der Waals surface area contributed by atoms with Crippen molar-refractivity contribution < 1.29 is 4.74 Å². The highest BCUT2D eigenvalue weighted by Gasteiger charge is 2.11. The SMILES string of the molecule is C1COCCN1.Nc1c(-c2nc3cccnc3[nH]2)cnc2ccccc12. The van der Waals surface area contributed by atoms with Crippen LogP contribution in [0.2, 0.25) is 0 Å². The Kier molecular flexibility index (Phi) is 4.72. The predicted octanol–water partition coefficient (Wildman–Crippen LogP) is 2.36. The monoisotopic (exact) mass is 348 g/mol. The van der Waals surface area contributed by atoms with Crippen LogP contribution in [0.5, 0.6) is 0 Å². The summed E-state index contributed by atoms with van der Waals surface area (Å²) >= 11 is 0. The Morgan fingerprint density at radius 2 is 1.77 bits per heavy atom. The number of ether oxygens (including phenoxy) is 1. The summed E-state index contributed by atoms with van der Waals surface area (Å²) in [7, 11) is 0. The lowest BCUT2D eigenvalue weighted by Crippen LogP contribution is -2.30. The van der Waals surface area contributed by atoms with E-state index >= 15 is 0 Å². The van der Waals surface area contributed by atoms with Crippen LogP contribution in [0.3, 0.4) is 0 Å². The van der Waals surface area contributed by atoms with E-state index in [1.54, 1.807) is 12.4 Å². The number of rotatable bonds is 1. The summed E-state index contributed by atoms with van der Waals surface area (Å²) in [4.78, 5) is 16.4. The molecule has 0 spiro atoms. The van der Waals surface area contributed by atoms with Crippen LogP contribution in [-0.2, 0) is 4.74 Å². The van der Waals surface area contributed by atoms with Gasteiger partial charge in [-0.2, -0.15) is 0 Å². The molecule has 4 N–H and O–H groups in total. The second-order valence-electron chi connectivity index (χ2n) is 5.92. The normalized spacial score (nSPS) is 14.2. The van der Waals surface area contributed by atoms with E-state index in [-0.39, 0.29) is 0 Å². The molecule has 3 aromatic heterocycles. The topological polar surface area (TPSA) is 102 Å². The van der Waals surface area contributed by atoms with Crippen molar-refractivity contribution in [2.24, 2.45) is 0 Å². The molecule has 0 unspecified atom stereocenters. The summed E-state index contributed by atoms with van der Waals surface area (Å²) in [6, 6.07) is 11.6. The number of morpholine rings is 1. The van der Waals surface area contributed by atoms with Gasteiger partial charge in [-0.25, -0.2) is 9.97 Å².